The van der Waals surface area contributed by atoms with Crippen LogP contribution in [0.4, 0.5) is 5.82 Å². The smallest absolute Gasteiger partial charge is 0.123 e. The molecule has 0 aliphatic carbocycles. The molecule has 2 atom stereocenters. The third-order valence-electron chi connectivity index (χ3n) is 1.92. The van der Waals surface area contributed by atoms with Gasteiger partial charge < -0.3 is 15.9 Å². The summed E-state index contributed by atoms with van der Waals surface area (Å²) in [6.07, 6.45) is 0.312. The van der Waals surface area contributed by atoms with Crippen LogP contribution in [0.1, 0.15) is 18.1 Å². The topological polar surface area (TPSA) is 79.4 Å². The predicted molar refractivity (Wildman–Crippen MR) is 58.0 cm³/mol. The summed E-state index contributed by atoms with van der Waals surface area (Å²) < 4.78 is 0. The summed E-state index contributed by atoms with van der Waals surface area (Å²) in [4.78, 5) is 3.80. The van der Waals surface area contributed by atoms with Crippen molar-refractivity contribution in [1.29, 1.82) is 0 Å². The van der Waals surface area contributed by atoms with E-state index in [1.807, 2.05) is 0 Å². The molecule has 1 aromatic rings. The van der Waals surface area contributed by atoms with Crippen molar-refractivity contribution >= 4 is 21.7 Å². The number of hydrogen-bond acceptors (Lipinski definition) is 4. The standard InChI is InChI=1S/C9H13BrN2O2/c10-3-1-7(13)9(14)6-2-4-12-8(11)5-6/h2,4-5,7,9,13-14H,1,3H2,(H2,11,12). The Morgan fingerprint density at radius 3 is 2.79 bits per heavy atom. The highest BCUT2D eigenvalue weighted by Crippen LogP contribution is 2.20. The van der Waals surface area contributed by atoms with E-state index in [4.69, 9.17) is 5.73 Å². The zero-order chi connectivity index (χ0) is 10.6. The van der Waals surface area contributed by atoms with Crippen LogP contribution in [0.5, 0.6) is 0 Å². The van der Waals surface area contributed by atoms with Gasteiger partial charge in [0, 0.05) is 11.5 Å². The van der Waals surface area contributed by atoms with Crippen LogP contribution in [0, 0.1) is 0 Å². The van der Waals surface area contributed by atoms with Crippen molar-refractivity contribution in [3.05, 3.63) is 23.9 Å². The van der Waals surface area contributed by atoms with Crippen LogP contribution < -0.4 is 5.73 Å². The Bertz CT molecular complexity index is 296. The van der Waals surface area contributed by atoms with E-state index in [0.717, 1.165) is 0 Å². The molecular formula is C9H13BrN2O2. The van der Waals surface area contributed by atoms with E-state index >= 15 is 0 Å². The Kier molecular flexibility index (Phi) is 4.31. The molecule has 0 aromatic carbocycles. The average molecular weight is 261 g/mol. The molecule has 0 saturated carbocycles. The van der Waals surface area contributed by atoms with Crippen LogP contribution in [-0.2, 0) is 0 Å². The second-order valence-electron chi connectivity index (χ2n) is 3.00. The van der Waals surface area contributed by atoms with Crippen LogP contribution in [0.25, 0.3) is 0 Å². The first-order valence-corrected chi connectivity index (χ1v) is 5.41. The van der Waals surface area contributed by atoms with E-state index in [0.29, 0.717) is 23.1 Å². The van der Waals surface area contributed by atoms with Gasteiger partial charge in [0.05, 0.1) is 6.10 Å². The van der Waals surface area contributed by atoms with Gasteiger partial charge in [0.2, 0.25) is 0 Å². The maximum Gasteiger partial charge on any atom is 0.123 e. The molecule has 0 amide bonds. The molecule has 2 unspecified atom stereocenters. The summed E-state index contributed by atoms with van der Waals surface area (Å²) in [5.74, 6) is 0.340. The molecule has 1 aromatic heterocycles. The minimum absolute atomic E-state index is 0.340. The van der Waals surface area contributed by atoms with Crippen LogP contribution in [-0.4, -0.2) is 26.6 Å². The van der Waals surface area contributed by atoms with E-state index in [1.165, 1.54) is 6.20 Å². The minimum Gasteiger partial charge on any atom is -0.390 e. The zero-order valence-electron chi connectivity index (χ0n) is 7.60. The molecule has 0 spiro atoms. The maximum atomic E-state index is 9.69. The predicted octanol–water partition coefficient (Wildman–Crippen LogP) is 0.843. The van der Waals surface area contributed by atoms with Crippen molar-refractivity contribution in [3.8, 4) is 0 Å². The van der Waals surface area contributed by atoms with Gasteiger partial charge >= 0.3 is 0 Å². The van der Waals surface area contributed by atoms with Crippen molar-refractivity contribution < 1.29 is 10.2 Å². The molecule has 0 bridgehead atoms. The Hall–Kier alpha value is -0.650. The molecule has 0 saturated heterocycles. The van der Waals surface area contributed by atoms with Crippen molar-refractivity contribution in [3.63, 3.8) is 0 Å². The fourth-order valence-corrected chi connectivity index (χ4v) is 1.61. The molecule has 0 fully saturated rings. The number of aromatic nitrogens is 1. The fraction of sp³-hybridized carbons (Fsp3) is 0.444. The molecule has 0 aliphatic rings. The maximum absolute atomic E-state index is 9.69. The van der Waals surface area contributed by atoms with Gasteiger partial charge in [0.15, 0.2) is 0 Å². The quantitative estimate of drug-likeness (QED) is 0.702. The number of rotatable bonds is 4. The SMILES string of the molecule is Nc1cc(C(O)C(O)CCBr)ccn1. The first-order valence-electron chi connectivity index (χ1n) is 4.28. The summed E-state index contributed by atoms with van der Waals surface area (Å²) in [5.41, 5.74) is 6.05. The van der Waals surface area contributed by atoms with Crippen LogP contribution in [0.2, 0.25) is 0 Å². The molecule has 5 heteroatoms. The zero-order valence-corrected chi connectivity index (χ0v) is 9.18. The third-order valence-corrected chi connectivity index (χ3v) is 2.37. The normalized spacial score (nSPS) is 15.1. The number of halogens is 1. The van der Waals surface area contributed by atoms with Gasteiger partial charge in [-0.15, -0.1) is 0 Å². The number of nitrogens with zero attached hydrogens (tertiary/aromatic N) is 1. The summed E-state index contributed by atoms with van der Waals surface area (Å²) in [7, 11) is 0. The van der Waals surface area contributed by atoms with Gasteiger partial charge in [-0.3, -0.25) is 0 Å². The molecular weight excluding hydrogens is 248 g/mol. The van der Waals surface area contributed by atoms with Gasteiger partial charge in [0.25, 0.3) is 0 Å². The largest absolute Gasteiger partial charge is 0.390 e. The van der Waals surface area contributed by atoms with Gasteiger partial charge in [-0.05, 0) is 24.1 Å². The van der Waals surface area contributed by atoms with E-state index in [2.05, 4.69) is 20.9 Å². The van der Waals surface area contributed by atoms with Crippen molar-refractivity contribution in [2.24, 2.45) is 0 Å². The third kappa shape index (κ3) is 2.94. The summed E-state index contributed by atoms with van der Waals surface area (Å²) >= 11 is 3.20. The summed E-state index contributed by atoms with van der Waals surface area (Å²) in [6.45, 7) is 0. The Morgan fingerprint density at radius 2 is 2.21 bits per heavy atom. The lowest BCUT2D eigenvalue weighted by Crippen LogP contribution is -2.18. The highest BCUT2D eigenvalue weighted by molar-refractivity contribution is 9.09. The van der Waals surface area contributed by atoms with Gasteiger partial charge in [0.1, 0.15) is 11.9 Å². The lowest BCUT2D eigenvalue weighted by Gasteiger charge is -2.17. The molecule has 0 aliphatic heterocycles. The minimum atomic E-state index is -0.905. The Balaban J connectivity index is 2.73. The first kappa shape index (κ1) is 11.4. The molecule has 1 heterocycles. The monoisotopic (exact) mass is 260 g/mol. The van der Waals surface area contributed by atoms with Crippen molar-refractivity contribution in [1.82, 2.24) is 4.98 Å². The van der Waals surface area contributed by atoms with E-state index in [9.17, 15) is 10.2 Å². The van der Waals surface area contributed by atoms with Crippen LogP contribution in [0.15, 0.2) is 18.3 Å². The number of nitrogens with two attached hydrogens (primary N) is 1. The van der Waals surface area contributed by atoms with Gasteiger partial charge in [-0.2, -0.15) is 0 Å². The van der Waals surface area contributed by atoms with E-state index in [-0.39, 0.29) is 0 Å². The number of hydrogen-bond donors (Lipinski definition) is 3. The Morgan fingerprint density at radius 1 is 1.50 bits per heavy atom. The molecule has 0 radical (unpaired) electrons. The Labute approximate surface area is 90.9 Å². The number of aliphatic hydroxyl groups is 2. The lowest BCUT2D eigenvalue weighted by molar-refractivity contribution is 0.0173. The molecule has 4 nitrogen and oxygen atoms in total. The molecule has 1 rings (SSSR count). The molecule has 4 N–H and O–H groups in total. The number of anilines is 1. The van der Waals surface area contributed by atoms with Crippen LogP contribution >= 0.6 is 15.9 Å². The number of pyridine rings is 1. The lowest BCUT2D eigenvalue weighted by atomic mass is 10.0. The first-order chi connectivity index (χ1) is 6.65. The summed E-state index contributed by atoms with van der Waals surface area (Å²) in [5, 5.41) is 19.9. The fourth-order valence-electron chi connectivity index (χ4n) is 1.14. The second-order valence-corrected chi connectivity index (χ2v) is 3.80. The highest BCUT2D eigenvalue weighted by Gasteiger charge is 2.17. The molecule has 14 heavy (non-hydrogen) atoms. The second kappa shape index (κ2) is 5.29. The van der Waals surface area contributed by atoms with Crippen molar-refractivity contribution in [2.75, 3.05) is 11.1 Å². The number of nitrogen functional groups attached to an aromatic ring is 1. The highest BCUT2D eigenvalue weighted by atomic mass is 79.9. The molecule has 78 valence electrons. The van der Waals surface area contributed by atoms with Crippen LogP contribution in [0.3, 0.4) is 0 Å². The van der Waals surface area contributed by atoms with Crippen molar-refractivity contribution in [2.45, 2.75) is 18.6 Å². The number of alkyl halides is 1. The van der Waals surface area contributed by atoms with E-state index < -0.39 is 12.2 Å². The number of aliphatic hydroxyl groups excluding tert-OH is 2. The van der Waals surface area contributed by atoms with Gasteiger partial charge in [-0.1, -0.05) is 15.9 Å². The van der Waals surface area contributed by atoms with E-state index in [1.54, 1.807) is 12.1 Å². The van der Waals surface area contributed by atoms with Gasteiger partial charge in [-0.25, -0.2) is 4.98 Å². The average Bonchev–Trinajstić information content (AvgIpc) is 2.17. The summed E-state index contributed by atoms with van der Waals surface area (Å²) in [6, 6.07) is 3.20.